The molecular formula is C15H13Br2FN2O. The number of carbonyl (C=O) groups excluding carboxylic acids is 1. The largest absolute Gasteiger partial charge is 0.376 e. The van der Waals surface area contributed by atoms with Gasteiger partial charge in [-0.05, 0) is 68.6 Å². The van der Waals surface area contributed by atoms with E-state index in [1.54, 1.807) is 13.0 Å². The summed E-state index contributed by atoms with van der Waals surface area (Å²) in [5.74, 6) is -0.502. The molecule has 0 fully saturated rings. The van der Waals surface area contributed by atoms with Gasteiger partial charge in [-0.15, -0.1) is 0 Å². The van der Waals surface area contributed by atoms with Gasteiger partial charge >= 0.3 is 0 Å². The Morgan fingerprint density at radius 1 is 1.14 bits per heavy atom. The van der Waals surface area contributed by atoms with E-state index >= 15 is 0 Å². The molecule has 6 heteroatoms. The van der Waals surface area contributed by atoms with Crippen LogP contribution in [-0.4, -0.2) is 12.5 Å². The molecule has 110 valence electrons. The molecule has 21 heavy (non-hydrogen) atoms. The lowest BCUT2D eigenvalue weighted by Gasteiger charge is -2.11. The maximum absolute atomic E-state index is 13.3. The Bertz CT molecular complexity index is 677. The standard InChI is InChI=1S/C15H13Br2FN2O/c1-9-6-12(18)11(17)7-14(9)19-8-15(21)20-13-5-3-2-4-10(13)16/h2-7,19H,8H2,1H3,(H,20,21). The fraction of sp³-hybridized carbons (Fsp3) is 0.133. The zero-order valence-electron chi connectivity index (χ0n) is 11.2. The van der Waals surface area contributed by atoms with Crippen LogP contribution in [0.15, 0.2) is 45.3 Å². The molecule has 0 aromatic heterocycles. The van der Waals surface area contributed by atoms with Crippen molar-refractivity contribution in [3.05, 3.63) is 56.7 Å². The molecule has 0 saturated heterocycles. The summed E-state index contributed by atoms with van der Waals surface area (Å²) >= 11 is 6.50. The van der Waals surface area contributed by atoms with E-state index in [1.807, 2.05) is 24.3 Å². The van der Waals surface area contributed by atoms with E-state index in [1.165, 1.54) is 6.07 Å². The van der Waals surface area contributed by atoms with Crippen molar-refractivity contribution in [2.75, 3.05) is 17.2 Å². The number of hydrogen-bond acceptors (Lipinski definition) is 2. The molecule has 1 amide bonds. The highest BCUT2D eigenvalue weighted by Crippen LogP contribution is 2.24. The van der Waals surface area contributed by atoms with Gasteiger partial charge in [-0.3, -0.25) is 4.79 Å². The molecule has 0 unspecified atom stereocenters. The number of halogens is 3. The Labute approximate surface area is 139 Å². The van der Waals surface area contributed by atoms with Crippen LogP contribution < -0.4 is 10.6 Å². The molecule has 2 rings (SSSR count). The summed E-state index contributed by atoms with van der Waals surface area (Å²) in [4.78, 5) is 11.9. The minimum absolute atomic E-state index is 0.0975. The molecule has 0 atom stereocenters. The van der Waals surface area contributed by atoms with Gasteiger partial charge in [-0.2, -0.15) is 0 Å². The predicted molar refractivity (Wildman–Crippen MR) is 90.1 cm³/mol. The second kappa shape index (κ2) is 7.04. The van der Waals surface area contributed by atoms with Crippen molar-refractivity contribution in [1.82, 2.24) is 0 Å². The van der Waals surface area contributed by atoms with E-state index in [4.69, 9.17) is 0 Å². The van der Waals surface area contributed by atoms with Crippen molar-refractivity contribution in [2.45, 2.75) is 6.92 Å². The van der Waals surface area contributed by atoms with Crippen molar-refractivity contribution in [3.8, 4) is 0 Å². The molecule has 2 aromatic rings. The van der Waals surface area contributed by atoms with Crippen molar-refractivity contribution < 1.29 is 9.18 Å². The lowest BCUT2D eigenvalue weighted by atomic mass is 10.2. The Morgan fingerprint density at radius 2 is 1.86 bits per heavy atom. The van der Waals surface area contributed by atoms with Gasteiger partial charge in [0.15, 0.2) is 0 Å². The lowest BCUT2D eigenvalue weighted by Crippen LogP contribution is -2.22. The van der Waals surface area contributed by atoms with Crippen LogP contribution in [0.2, 0.25) is 0 Å². The third-order valence-electron chi connectivity index (χ3n) is 2.85. The third kappa shape index (κ3) is 4.28. The second-order valence-electron chi connectivity index (χ2n) is 4.46. The molecule has 3 nitrogen and oxygen atoms in total. The Kier molecular flexibility index (Phi) is 5.36. The van der Waals surface area contributed by atoms with Crippen LogP contribution >= 0.6 is 31.9 Å². The zero-order valence-corrected chi connectivity index (χ0v) is 14.4. The highest BCUT2D eigenvalue weighted by Gasteiger charge is 2.08. The molecule has 0 bridgehead atoms. The fourth-order valence-electron chi connectivity index (χ4n) is 1.77. The number of amides is 1. The summed E-state index contributed by atoms with van der Waals surface area (Å²) in [5, 5.41) is 5.79. The Morgan fingerprint density at radius 3 is 2.57 bits per heavy atom. The average molecular weight is 416 g/mol. The predicted octanol–water partition coefficient (Wildman–Crippen LogP) is 4.71. The van der Waals surface area contributed by atoms with E-state index in [0.29, 0.717) is 15.8 Å². The normalized spacial score (nSPS) is 10.3. The van der Waals surface area contributed by atoms with Gasteiger partial charge in [0.05, 0.1) is 16.7 Å². The van der Waals surface area contributed by atoms with E-state index in [9.17, 15) is 9.18 Å². The molecule has 2 N–H and O–H groups in total. The minimum atomic E-state index is -0.323. The number of para-hydroxylation sites is 1. The van der Waals surface area contributed by atoms with Crippen LogP contribution in [0.5, 0.6) is 0 Å². The second-order valence-corrected chi connectivity index (χ2v) is 6.17. The maximum Gasteiger partial charge on any atom is 0.243 e. The van der Waals surface area contributed by atoms with Crippen LogP contribution in [0.3, 0.4) is 0 Å². The summed E-state index contributed by atoms with van der Waals surface area (Å²) in [6, 6.07) is 10.4. The van der Waals surface area contributed by atoms with Gasteiger partial charge < -0.3 is 10.6 Å². The summed E-state index contributed by atoms with van der Waals surface area (Å²) < 4.78 is 14.5. The van der Waals surface area contributed by atoms with Gasteiger partial charge in [0.25, 0.3) is 0 Å². The smallest absolute Gasteiger partial charge is 0.243 e. The molecule has 0 spiro atoms. The SMILES string of the molecule is Cc1cc(F)c(Br)cc1NCC(=O)Nc1ccccc1Br. The molecule has 0 radical (unpaired) electrons. The first-order chi connectivity index (χ1) is 9.97. The number of rotatable bonds is 4. The molecule has 0 heterocycles. The summed E-state index contributed by atoms with van der Waals surface area (Å²) in [6.07, 6.45) is 0. The van der Waals surface area contributed by atoms with Gasteiger partial charge in [0, 0.05) is 10.2 Å². The molecule has 0 saturated carbocycles. The summed E-state index contributed by atoms with van der Waals surface area (Å²) in [7, 11) is 0. The molecule has 2 aromatic carbocycles. The van der Waals surface area contributed by atoms with Crippen molar-refractivity contribution in [2.24, 2.45) is 0 Å². The van der Waals surface area contributed by atoms with E-state index < -0.39 is 0 Å². The van der Waals surface area contributed by atoms with Crippen molar-refractivity contribution >= 4 is 49.1 Å². The lowest BCUT2D eigenvalue weighted by molar-refractivity contribution is -0.114. The first kappa shape index (κ1) is 16.0. The number of aryl methyl sites for hydroxylation is 1. The number of carbonyl (C=O) groups is 1. The van der Waals surface area contributed by atoms with Crippen LogP contribution in [0.25, 0.3) is 0 Å². The highest BCUT2D eigenvalue weighted by molar-refractivity contribution is 9.10. The molecule has 0 aliphatic heterocycles. The van der Waals surface area contributed by atoms with E-state index in [0.717, 1.165) is 10.0 Å². The van der Waals surface area contributed by atoms with Gasteiger partial charge in [-0.25, -0.2) is 4.39 Å². The van der Waals surface area contributed by atoms with Crippen LogP contribution in [-0.2, 0) is 4.79 Å². The fourth-order valence-corrected chi connectivity index (χ4v) is 2.50. The van der Waals surface area contributed by atoms with E-state index in [-0.39, 0.29) is 18.3 Å². The minimum Gasteiger partial charge on any atom is -0.376 e. The van der Waals surface area contributed by atoms with Crippen LogP contribution in [0.1, 0.15) is 5.56 Å². The van der Waals surface area contributed by atoms with Crippen LogP contribution in [0.4, 0.5) is 15.8 Å². The van der Waals surface area contributed by atoms with Crippen molar-refractivity contribution in [3.63, 3.8) is 0 Å². The van der Waals surface area contributed by atoms with Crippen molar-refractivity contribution in [1.29, 1.82) is 0 Å². The highest BCUT2D eigenvalue weighted by atomic mass is 79.9. The molecule has 0 aliphatic carbocycles. The monoisotopic (exact) mass is 414 g/mol. The first-order valence-electron chi connectivity index (χ1n) is 6.21. The third-order valence-corrected chi connectivity index (χ3v) is 4.15. The quantitative estimate of drug-likeness (QED) is 0.759. The first-order valence-corrected chi connectivity index (χ1v) is 7.80. The van der Waals surface area contributed by atoms with Crippen LogP contribution in [0, 0.1) is 12.7 Å². The van der Waals surface area contributed by atoms with E-state index in [2.05, 4.69) is 42.5 Å². The number of benzene rings is 2. The summed E-state index contributed by atoms with van der Waals surface area (Å²) in [6.45, 7) is 1.88. The molecule has 0 aliphatic rings. The Balaban J connectivity index is 1.99. The molecular weight excluding hydrogens is 403 g/mol. The Hall–Kier alpha value is -1.40. The average Bonchev–Trinajstić information content (AvgIpc) is 2.44. The number of anilines is 2. The van der Waals surface area contributed by atoms with Gasteiger partial charge in [0.1, 0.15) is 5.82 Å². The maximum atomic E-state index is 13.3. The van der Waals surface area contributed by atoms with Gasteiger partial charge in [-0.1, -0.05) is 12.1 Å². The summed E-state index contributed by atoms with van der Waals surface area (Å²) in [5.41, 5.74) is 2.16. The number of nitrogens with one attached hydrogen (secondary N) is 2. The van der Waals surface area contributed by atoms with Gasteiger partial charge in [0.2, 0.25) is 5.91 Å². The topological polar surface area (TPSA) is 41.1 Å². The zero-order chi connectivity index (χ0) is 15.4. The number of hydrogen-bond donors (Lipinski definition) is 2.